The minimum absolute atomic E-state index is 0.228. The van der Waals surface area contributed by atoms with Crippen LogP contribution in [0.4, 0.5) is 0 Å². The van der Waals surface area contributed by atoms with Crippen molar-refractivity contribution in [2.75, 3.05) is 6.61 Å². The van der Waals surface area contributed by atoms with Gasteiger partial charge in [0.2, 0.25) is 5.90 Å². The van der Waals surface area contributed by atoms with Crippen molar-refractivity contribution in [2.45, 2.75) is 13.5 Å². The van der Waals surface area contributed by atoms with Gasteiger partial charge in [-0.2, -0.15) is 0 Å². The van der Waals surface area contributed by atoms with Gasteiger partial charge in [-0.1, -0.05) is 28.1 Å². The van der Waals surface area contributed by atoms with Crippen LogP contribution in [-0.4, -0.2) is 18.5 Å². The van der Waals surface area contributed by atoms with E-state index in [0.717, 1.165) is 32.8 Å². The largest absolute Gasteiger partial charge is 0.490 e. The Kier molecular flexibility index (Phi) is 8.70. The predicted molar refractivity (Wildman–Crippen MR) is 156 cm³/mol. The third-order valence-electron chi connectivity index (χ3n) is 4.69. The minimum atomic E-state index is -0.493. The highest BCUT2D eigenvalue weighted by molar-refractivity contribution is 14.1. The van der Waals surface area contributed by atoms with Gasteiger partial charge in [-0.25, -0.2) is 9.79 Å². The highest BCUT2D eigenvalue weighted by Gasteiger charge is 2.25. The number of esters is 1. The van der Waals surface area contributed by atoms with Crippen LogP contribution in [0.15, 0.2) is 74.2 Å². The summed E-state index contributed by atoms with van der Waals surface area (Å²) in [6.45, 7) is 2.80. The van der Waals surface area contributed by atoms with Crippen LogP contribution in [0.3, 0.4) is 0 Å². The van der Waals surface area contributed by atoms with Gasteiger partial charge in [0.1, 0.15) is 6.61 Å². The molecule has 1 aliphatic rings. The maximum Gasteiger partial charge on any atom is 0.363 e. The van der Waals surface area contributed by atoms with Crippen molar-refractivity contribution in [2.24, 2.45) is 4.99 Å². The van der Waals surface area contributed by atoms with Crippen LogP contribution in [0.1, 0.15) is 23.6 Å². The van der Waals surface area contributed by atoms with Crippen LogP contribution in [0.5, 0.6) is 11.5 Å². The molecule has 0 saturated carbocycles. The van der Waals surface area contributed by atoms with E-state index < -0.39 is 5.97 Å². The zero-order valence-corrected chi connectivity index (χ0v) is 25.3. The fourth-order valence-corrected chi connectivity index (χ4v) is 5.12. The van der Waals surface area contributed by atoms with Crippen molar-refractivity contribution in [3.05, 3.63) is 93.1 Å². The molecule has 1 aliphatic heterocycles. The van der Waals surface area contributed by atoms with Crippen molar-refractivity contribution < 1.29 is 19.0 Å². The number of halogens is 4. The van der Waals surface area contributed by atoms with Crippen LogP contribution in [-0.2, 0) is 16.1 Å². The molecule has 0 aromatic heterocycles. The van der Waals surface area contributed by atoms with Gasteiger partial charge in [0.25, 0.3) is 0 Å². The minimum Gasteiger partial charge on any atom is -0.490 e. The fourth-order valence-electron chi connectivity index (χ4n) is 3.18. The number of carbonyl (C=O) groups is 1. The number of carbonyl (C=O) groups excluding carboxylic acids is 1. The Morgan fingerprint density at radius 3 is 2.59 bits per heavy atom. The van der Waals surface area contributed by atoms with Crippen molar-refractivity contribution in [3.8, 4) is 11.5 Å². The molecule has 3 aromatic rings. The third kappa shape index (κ3) is 6.21. The van der Waals surface area contributed by atoms with E-state index in [0.29, 0.717) is 24.7 Å². The SMILES string of the molecule is CCOc1cc(/C=C2\N=C(c3ccc(I)c(Br)c3)OC2=O)cc(I)c1OCc1cccc(Br)c1. The maximum absolute atomic E-state index is 12.5. The number of nitrogens with zero attached hydrogens (tertiary/aromatic N) is 1. The molecular weight excluding hydrogens is 792 g/mol. The molecule has 34 heavy (non-hydrogen) atoms. The summed E-state index contributed by atoms with van der Waals surface area (Å²) in [7, 11) is 0. The molecule has 0 atom stereocenters. The molecule has 0 N–H and O–H groups in total. The molecule has 9 heteroatoms. The van der Waals surface area contributed by atoms with Crippen LogP contribution < -0.4 is 9.47 Å². The van der Waals surface area contributed by atoms with E-state index in [1.807, 2.05) is 61.5 Å². The van der Waals surface area contributed by atoms with Gasteiger partial charge in [-0.05, 0) is 128 Å². The lowest BCUT2D eigenvalue weighted by atomic mass is 10.1. The van der Waals surface area contributed by atoms with Gasteiger partial charge < -0.3 is 14.2 Å². The van der Waals surface area contributed by atoms with E-state index >= 15 is 0 Å². The number of hydrogen-bond acceptors (Lipinski definition) is 5. The lowest BCUT2D eigenvalue weighted by Gasteiger charge is -2.15. The van der Waals surface area contributed by atoms with Crippen LogP contribution >= 0.6 is 77.0 Å². The summed E-state index contributed by atoms with van der Waals surface area (Å²) >= 11 is 11.4. The van der Waals surface area contributed by atoms with Crippen molar-refractivity contribution >= 4 is 95.0 Å². The monoisotopic (exact) mass is 807 g/mol. The molecule has 174 valence electrons. The van der Waals surface area contributed by atoms with E-state index in [4.69, 9.17) is 14.2 Å². The second-order valence-corrected chi connectivity index (χ2v) is 11.2. The zero-order valence-electron chi connectivity index (χ0n) is 17.8. The number of rotatable bonds is 7. The van der Waals surface area contributed by atoms with E-state index in [-0.39, 0.29) is 11.6 Å². The first kappa shape index (κ1) is 25.6. The number of hydrogen-bond donors (Lipinski definition) is 0. The number of cyclic esters (lactones) is 1. The van der Waals surface area contributed by atoms with Crippen molar-refractivity contribution in [1.29, 1.82) is 0 Å². The van der Waals surface area contributed by atoms with Gasteiger partial charge in [-0.3, -0.25) is 0 Å². The lowest BCUT2D eigenvalue weighted by Crippen LogP contribution is -2.05. The van der Waals surface area contributed by atoms with Gasteiger partial charge in [0.05, 0.1) is 10.2 Å². The summed E-state index contributed by atoms with van der Waals surface area (Å²) in [4.78, 5) is 16.9. The Morgan fingerprint density at radius 1 is 1.03 bits per heavy atom. The molecule has 5 nitrogen and oxygen atoms in total. The Labute approximate surface area is 241 Å². The molecule has 0 bridgehead atoms. The topological polar surface area (TPSA) is 57.1 Å². The molecule has 0 amide bonds. The Balaban J connectivity index is 1.61. The average molecular weight is 809 g/mol. The maximum atomic E-state index is 12.5. The van der Waals surface area contributed by atoms with E-state index in [1.165, 1.54) is 0 Å². The van der Waals surface area contributed by atoms with Crippen molar-refractivity contribution in [3.63, 3.8) is 0 Å². The van der Waals surface area contributed by atoms with Gasteiger partial charge in [-0.15, -0.1) is 0 Å². The summed E-state index contributed by atoms with van der Waals surface area (Å²) < 4.78 is 21.2. The predicted octanol–water partition coefficient (Wildman–Crippen LogP) is 7.74. The van der Waals surface area contributed by atoms with Crippen LogP contribution in [0.2, 0.25) is 0 Å². The standard InChI is InChI=1S/C25H17Br2I2NO4/c1-2-32-22-11-15(9-20(29)23(22)33-13-14-4-3-5-17(26)8-14)10-21-25(31)34-24(30-21)16-6-7-19(28)18(27)12-16/h3-12H,2,13H2,1H3/b21-10-. The molecule has 0 radical (unpaired) electrons. The Hall–Kier alpha value is -1.44. The summed E-state index contributed by atoms with van der Waals surface area (Å²) in [5, 5.41) is 0. The molecule has 0 saturated heterocycles. The molecule has 0 unspecified atom stereocenters. The highest BCUT2D eigenvalue weighted by atomic mass is 127. The second-order valence-electron chi connectivity index (χ2n) is 7.15. The molecule has 0 fully saturated rings. The van der Waals surface area contributed by atoms with Gasteiger partial charge >= 0.3 is 5.97 Å². The normalized spacial score (nSPS) is 14.2. The smallest absolute Gasteiger partial charge is 0.363 e. The molecular formula is C25H17Br2I2NO4. The van der Waals surface area contributed by atoms with Crippen LogP contribution in [0.25, 0.3) is 6.08 Å². The first-order valence-electron chi connectivity index (χ1n) is 10.2. The molecule has 0 spiro atoms. The molecule has 1 heterocycles. The average Bonchev–Trinajstić information content (AvgIpc) is 3.15. The summed E-state index contributed by atoms with van der Waals surface area (Å²) in [6.07, 6.45) is 1.69. The third-order valence-corrected chi connectivity index (χ3v) is 8.33. The van der Waals surface area contributed by atoms with E-state index in [1.54, 1.807) is 6.08 Å². The lowest BCUT2D eigenvalue weighted by molar-refractivity contribution is -0.129. The highest BCUT2D eigenvalue weighted by Crippen LogP contribution is 2.36. The molecule has 0 aliphatic carbocycles. The number of aliphatic imine (C=N–C) groups is 1. The number of ether oxygens (including phenoxy) is 3. The van der Waals surface area contributed by atoms with E-state index in [2.05, 4.69) is 82.0 Å². The van der Waals surface area contributed by atoms with Crippen LogP contribution in [0, 0.1) is 7.14 Å². The first-order valence-corrected chi connectivity index (χ1v) is 13.9. The Morgan fingerprint density at radius 2 is 1.85 bits per heavy atom. The van der Waals surface area contributed by atoms with Gasteiger partial charge in [0.15, 0.2) is 17.2 Å². The second kappa shape index (κ2) is 11.5. The molecule has 3 aromatic carbocycles. The fraction of sp³-hybridized carbons (Fsp3) is 0.120. The summed E-state index contributed by atoms with van der Waals surface area (Å²) in [5.74, 6) is 1.05. The zero-order chi connectivity index (χ0) is 24.2. The quantitative estimate of drug-likeness (QED) is 0.139. The van der Waals surface area contributed by atoms with E-state index in [9.17, 15) is 4.79 Å². The summed E-state index contributed by atoms with van der Waals surface area (Å²) in [6, 6.07) is 17.4. The number of benzene rings is 3. The molecule has 4 rings (SSSR count). The summed E-state index contributed by atoms with van der Waals surface area (Å²) in [5.41, 5.74) is 2.76. The Bertz CT molecular complexity index is 1320. The van der Waals surface area contributed by atoms with Gasteiger partial charge in [0, 0.05) is 18.1 Å². The first-order chi connectivity index (χ1) is 16.3. The van der Waals surface area contributed by atoms with Crippen molar-refractivity contribution in [1.82, 2.24) is 0 Å².